The highest BCUT2D eigenvalue weighted by molar-refractivity contribution is 5.89. The first-order chi connectivity index (χ1) is 12.7. The first-order valence-corrected chi connectivity index (χ1v) is 10.1. The quantitative estimate of drug-likeness (QED) is 0.586. The van der Waals surface area contributed by atoms with Gasteiger partial charge in [0, 0.05) is 39.3 Å². The van der Waals surface area contributed by atoms with E-state index in [4.69, 9.17) is 9.47 Å². The van der Waals surface area contributed by atoms with Crippen LogP contribution in [0.3, 0.4) is 0 Å². The number of carbonyl (C=O) groups is 2. The van der Waals surface area contributed by atoms with Crippen LogP contribution in [0.1, 0.15) is 38.5 Å². The summed E-state index contributed by atoms with van der Waals surface area (Å²) in [6.45, 7) is 5.72. The molecule has 0 aromatic rings. The summed E-state index contributed by atoms with van der Waals surface area (Å²) in [6, 6.07) is 0. The lowest BCUT2D eigenvalue weighted by Gasteiger charge is -2.29. The highest BCUT2D eigenvalue weighted by Gasteiger charge is 2.43. The average molecular weight is 404 g/mol. The molecule has 0 aromatic heterocycles. The van der Waals surface area contributed by atoms with Crippen LogP contribution in [-0.4, -0.2) is 64.4 Å². The smallest absolute Gasteiger partial charge is 0.228 e. The van der Waals surface area contributed by atoms with Gasteiger partial charge >= 0.3 is 0 Å². The molecule has 3 saturated heterocycles. The van der Waals surface area contributed by atoms with Crippen molar-refractivity contribution in [3.63, 3.8) is 0 Å². The van der Waals surface area contributed by atoms with Gasteiger partial charge in [0.05, 0.1) is 18.6 Å². The van der Waals surface area contributed by atoms with Crippen molar-refractivity contribution in [1.82, 2.24) is 16.0 Å². The average Bonchev–Trinajstić information content (AvgIpc) is 3.16. The highest BCUT2D eigenvalue weighted by atomic mass is 35.5. The molecule has 3 rings (SSSR count). The number of rotatable bonds is 7. The summed E-state index contributed by atoms with van der Waals surface area (Å²) in [5.41, 5.74) is -0.622. The minimum absolute atomic E-state index is 0. The number of amides is 2. The van der Waals surface area contributed by atoms with Crippen molar-refractivity contribution in [2.24, 2.45) is 17.3 Å². The van der Waals surface area contributed by atoms with Gasteiger partial charge in [-0.05, 0) is 50.5 Å². The molecule has 156 valence electrons. The van der Waals surface area contributed by atoms with Crippen molar-refractivity contribution in [1.29, 1.82) is 0 Å². The number of hydrogen-bond donors (Lipinski definition) is 3. The lowest BCUT2D eigenvalue weighted by atomic mass is 9.82. The Labute approximate surface area is 168 Å². The summed E-state index contributed by atoms with van der Waals surface area (Å²) < 4.78 is 10.9. The van der Waals surface area contributed by atoms with Gasteiger partial charge < -0.3 is 25.4 Å². The SMILES string of the molecule is Cl.O=C(CC1(C(=O)NCC2CCCOC2)CCNC1)NCC1CCCOC1. The monoisotopic (exact) mass is 403 g/mol. The number of hydrogen-bond acceptors (Lipinski definition) is 5. The molecule has 27 heavy (non-hydrogen) atoms. The van der Waals surface area contributed by atoms with Crippen molar-refractivity contribution >= 4 is 24.2 Å². The summed E-state index contributed by atoms with van der Waals surface area (Å²) in [6.07, 6.45) is 5.26. The number of halogens is 1. The summed E-state index contributed by atoms with van der Waals surface area (Å²) in [7, 11) is 0. The van der Waals surface area contributed by atoms with Gasteiger partial charge in [-0.1, -0.05) is 0 Å². The van der Waals surface area contributed by atoms with E-state index in [1.807, 2.05) is 0 Å². The third kappa shape index (κ3) is 6.59. The fraction of sp³-hybridized carbons (Fsp3) is 0.895. The first-order valence-electron chi connectivity index (χ1n) is 10.1. The van der Waals surface area contributed by atoms with Crippen molar-refractivity contribution in [3.05, 3.63) is 0 Å². The zero-order valence-corrected chi connectivity index (χ0v) is 16.9. The second-order valence-corrected chi connectivity index (χ2v) is 8.06. The Morgan fingerprint density at radius 1 is 1.00 bits per heavy atom. The molecule has 2 amide bonds. The molecule has 0 bridgehead atoms. The van der Waals surface area contributed by atoms with Crippen molar-refractivity contribution < 1.29 is 19.1 Å². The predicted octanol–water partition coefficient (Wildman–Crippen LogP) is 0.864. The second kappa shape index (κ2) is 11.2. The molecule has 0 aliphatic carbocycles. The number of nitrogens with one attached hydrogen (secondary N) is 3. The Morgan fingerprint density at radius 3 is 2.15 bits per heavy atom. The maximum Gasteiger partial charge on any atom is 0.228 e. The van der Waals surface area contributed by atoms with Gasteiger partial charge in [0.15, 0.2) is 0 Å². The molecule has 0 radical (unpaired) electrons. The Balaban J connectivity index is 0.00000261. The summed E-state index contributed by atoms with van der Waals surface area (Å²) in [4.78, 5) is 25.3. The van der Waals surface area contributed by atoms with Gasteiger partial charge in [0.25, 0.3) is 0 Å². The molecule has 3 aliphatic heterocycles. The molecule has 7 nitrogen and oxygen atoms in total. The van der Waals surface area contributed by atoms with Crippen LogP contribution in [0.25, 0.3) is 0 Å². The lowest BCUT2D eigenvalue weighted by molar-refractivity contribution is -0.136. The molecule has 3 aliphatic rings. The van der Waals surface area contributed by atoms with Gasteiger partial charge in [-0.25, -0.2) is 0 Å². The van der Waals surface area contributed by atoms with Crippen LogP contribution in [0.15, 0.2) is 0 Å². The van der Waals surface area contributed by atoms with E-state index in [1.54, 1.807) is 0 Å². The van der Waals surface area contributed by atoms with Crippen LogP contribution < -0.4 is 16.0 Å². The maximum atomic E-state index is 12.9. The number of carbonyl (C=O) groups excluding carboxylic acids is 2. The van der Waals surface area contributed by atoms with Gasteiger partial charge in [0.2, 0.25) is 11.8 Å². The Hall–Kier alpha value is -0.890. The molecule has 3 unspecified atom stereocenters. The molecule has 3 fully saturated rings. The third-order valence-electron chi connectivity index (χ3n) is 5.87. The molecule has 8 heteroatoms. The van der Waals surface area contributed by atoms with Crippen LogP contribution in [0.4, 0.5) is 0 Å². The van der Waals surface area contributed by atoms with Crippen LogP contribution in [0.5, 0.6) is 0 Å². The molecule has 0 aromatic carbocycles. The van der Waals surface area contributed by atoms with E-state index in [-0.39, 0.29) is 30.6 Å². The van der Waals surface area contributed by atoms with Crippen molar-refractivity contribution in [2.75, 3.05) is 52.6 Å². The summed E-state index contributed by atoms with van der Waals surface area (Å²) in [5.74, 6) is 0.754. The van der Waals surface area contributed by atoms with Crippen LogP contribution in [-0.2, 0) is 19.1 Å². The second-order valence-electron chi connectivity index (χ2n) is 8.06. The Kier molecular flexibility index (Phi) is 9.29. The number of ether oxygens (including phenoxy) is 2. The zero-order chi connectivity index (χ0) is 18.2. The van der Waals surface area contributed by atoms with E-state index >= 15 is 0 Å². The summed E-state index contributed by atoms with van der Waals surface area (Å²) in [5, 5.41) is 9.36. The van der Waals surface area contributed by atoms with Gasteiger partial charge in [-0.15, -0.1) is 12.4 Å². The first kappa shape index (κ1) is 22.4. The third-order valence-corrected chi connectivity index (χ3v) is 5.87. The van der Waals surface area contributed by atoms with Crippen LogP contribution >= 0.6 is 12.4 Å². The van der Waals surface area contributed by atoms with E-state index in [9.17, 15) is 9.59 Å². The molecule has 3 atom stereocenters. The molecule has 0 saturated carbocycles. The molecule has 0 spiro atoms. The summed E-state index contributed by atoms with van der Waals surface area (Å²) >= 11 is 0. The predicted molar refractivity (Wildman–Crippen MR) is 105 cm³/mol. The molecule has 3 N–H and O–H groups in total. The largest absolute Gasteiger partial charge is 0.381 e. The Bertz CT molecular complexity index is 474. The standard InChI is InChI=1S/C19H33N3O4.ClH/c23-17(21-10-15-3-1-7-25-12-15)9-19(5-6-20-14-19)18(24)22-11-16-4-2-8-26-13-16;/h15-16,20H,1-14H2,(H,21,23)(H,22,24);1H. The van der Waals surface area contributed by atoms with E-state index < -0.39 is 5.41 Å². The topological polar surface area (TPSA) is 88.7 Å². The van der Waals surface area contributed by atoms with Crippen LogP contribution in [0, 0.1) is 17.3 Å². The van der Waals surface area contributed by atoms with Gasteiger partial charge in [0.1, 0.15) is 0 Å². The molecular formula is C19H34ClN3O4. The van der Waals surface area contributed by atoms with Gasteiger partial charge in [-0.3, -0.25) is 9.59 Å². The highest BCUT2D eigenvalue weighted by Crippen LogP contribution is 2.30. The molecular weight excluding hydrogens is 370 g/mol. The maximum absolute atomic E-state index is 12.9. The molecule has 3 heterocycles. The van der Waals surface area contributed by atoms with Crippen molar-refractivity contribution in [2.45, 2.75) is 38.5 Å². The van der Waals surface area contributed by atoms with Crippen molar-refractivity contribution in [3.8, 4) is 0 Å². The minimum Gasteiger partial charge on any atom is -0.381 e. The Morgan fingerprint density at radius 2 is 1.63 bits per heavy atom. The fourth-order valence-corrected chi connectivity index (χ4v) is 4.16. The lowest BCUT2D eigenvalue weighted by Crippen LogP contribution is -2.47. The zero-order valence-electron chi connectivity index (χ0n) is 16.1. The minimum atomic E-state index is -0.622. The van der Waals surface area contributed by atoms with Gasteiger partial charge in [-0.2, -0.15) is 0 Å². The van der Waals surface area contributed by atoms with E-state index in [2.05, 4.69) is 16.0 Å². The van der Waals surface area contributed by atoms with E-state index in [0.717, 1.165) is 58.7 Å². The van der Waals surface area contributed by atoms with E-state index in [1.165, 1.54) is 0 Å². The van der Waals surface area contributed by atoms with Crippen LogP contribution in [0.2, 0.25) is 0 Å². The van der Waals surface area contributed by atoms with E-state index in [0.29, 0.717) is 37.9 Å². The fourth-order valence-electron chi connectivity index (χ4n) is 4.16. The normalized spacial score (nSPS) is 31.0.